The maximum atomic E-state index is 13.5. The van der Waals surface area contributed by atoms with Crippen molar-refractivity contribution in [3.63, 3.8) is 0 Å². The minimum Gasteiger partial charge on any atom is -0.299 e. The molecule has 28 heavy (non-hydrogen) atoms. The van der Waals surface area contributed by atoms with E-state index in [1.165, 1.54) is 50.5 Å². The highest BCUT2D eigenvalue weighted by molar-refractivity contribution is 5.91. The molecule has 0 N–H and O–H groups in total. The average molecular weight is 383 g/mol. The topological polar surface area (TPSA) is 34.1 Å². The summed E-state index contributed by atoms with van der Waals surface area (Å²) in [6, 6.07) is 0. The van der Waals surface area contributed by atoms with Crippen molar-refractivity contribution in [1.82, 2.24) is 0 Å². The summed E-state index contributed by atoms with van der Waals surface area (Å²) in [5.41, 5.74) is 1.96. The maximum absolute atomic E-state index is 13.5. The van der Waals surface area contributed by atoms with E-state index in [-0.39, 0.29) is 10.8 Å². The van der Waals surface area contributed by atoms with Crippen LogP contribution in [0.15, 0.2) is 11.6 Å². The smallest absolute Gasteiger partial charge is 0.155 e. The molecule has 0 saturated heterocycles. The molecule has 2 heteroatoms. The average Bonchev–Trinajstić information content (AvgIpc) is 3.06. The number of hydrogen-bond acceptors (Lipinski definition) is 2. The zero-order chi connectivity index (χ0) is 19.5. The van der Waals surface area contributed by atoms with Gasteiger partial charge in [0.15, 0.2) is 5.78 Å². The minimum absolute atomic E-state index is 0.248. The zero-order valence-electron chi connectivity index (χ0n) is 18.0. The number of rotatable bonds is 2. The van der Waals surface area contributed by atoms with Crippen LogP contribution in [0.5, 0.6) is 0 Å². The normalized spacial score (nSPS) is 46.4. The van der Waals surface area contributed by atoms with Crippen LogP contribution in [0.25, 0.3) is 0 Å². The van der Waals surface area contributed by atoms with Gasteiger partial charge in [-0.15, -0.1) is 0 Å². The predicted molar refractivity (Wildman–Crippen MR) is 112 cm³/mol. The summed E-state index contributed by atoms with van der Waals surface area (Å²) in [6.45, 7) is 4.95. The number of carbonyl (C=O) groups is 2. The van der Waals surface area contributed by atoms with E-state index < -0.39 is 0 Å². The highest BCUT2D eigenvalue weighted by Crippen LogP contribution is 2.67. The molecule has 0 spiro atoms. The molecule has 5 aliphatic carbocycles. The molecule has 6 atom stereocenters. The fraction of sp³-hybridized carbons (Fsp3) is 0.846. The van der Waals surface area contributed by atoms with Gasteiger partial charge in [-0.1, -0.05) is 38.7 Å². The molecular formula is C26H38O2. The molecule has 0 heterocycles. The van der Waals surface area contributed by atoms with Crippen molar-refractivity contribution in [3.8, 4) is 0 Å². The van der Waals surface area contributed by atoms with Gasteiger partial charge in [-0.3, -0.25) is 9.59 Å². The fourth-order valence-corrected chi connectivity index (χ4v) is 8.70. The van der Waals surface area contributed by atoms with Gasteiger partial charge in [0, 0.05) is 18.3 Å². The van der Waals surface area contributed by atoms with E-state index in [1.807, 2.05) is 6.08 Å². The largest absolute Gasteiger partial charge is 0.299 e. The minimum atomic E-state index is 0.248. The summed E-state index contributed by atoms with van der Waals surface area (Å²) in [7, 11) is 0. The number of hydrogen-bond donors (Lipinski definition) is 0. The number of carbonyl (C=O) groups excluding carboxylic acids is 2. The van der Waals surface area contributed by atoms with E-state index in [1.54, 1.807) is 0 Å². The molecule has 0 aromatic heterocycles. The molecule has 2 nitrogen and oxygen atoms in total. The first-order valence-electron chi connectivity index (χ1n) is 12.2. The molecule has 0 radical (unpaired) electrons. The summed E-state index contributed by atoms with van der Waals surface area (Å²) in [4.78, 5) is 25.5. The van der Waals surface area contributed by atoms with Crippen LogP contribution >= 0.6 is 0 Å². The molecule has 0 aromatic rings. The molecule has 5 aliphatic rings. The molecule has 0 aromatic carbocycles. The molecule has 0 unspecified atom stereocenters. The number of fused-ring (bicyclic) bond motifs is 5. The lowest BCUT2D eigenvalue weighted by Crippen LogP contribution is -2.51. The molecule has 154 valence electrons. The monoisotopic (exact) mass is 382 g/mol. The quantitative estimate of drug-likeness (QED) is 0.563. The van der Waals surface area contributed by atoms with E-state index in [2.05, 4.69) is 13.8 Å². The Hall–Kier alpha value is -0.920. The van der Waals surface area contributed by atoms with E-state index in [0.29, 0.717) is 23.4 Å². The van der Waals surface area contributed by atoms with Crippen molar-refractivity contribution in [1.29, 1.82) is 0 Å². The molecule has 5 rings (SSSR count). The standard InChI is InChI=1S/C26H38O2/c1-25-14-12-19(27)16-18(25)8-9-20-21-10-11-23(26(21,2)15-13-22(20)25)24(28)17-6-4-3-5-7-17/h16-17,20-23H,3-15H2,1-2H3/t20-,21-,22-,23+,25-,26-/m0/s1. The van der Waals surface area contributed by atoms with Crippen molar-refractivity contribution in [2.75, 3.05) is 0 Å². The Labute approximate surface area is 170 Å². The van der Waals surface area contributed by atoms with Crippen LogP contribution < -0.4 is 0 Å². The number of ketones is 2. The van der Waals surface area contributed by atoms with Crippen molar-refractivity contribution >= 4 is 11.6 Å². The van der Waals surface area contributed by atoms with Gasteiger partial charge in [0.25, 0.3) is 0 Å². The van der Waals surface area contributed by atoms with Gasteiger partial charge in [-0.05, 0) is 92.4 Å². The number of allylic oxidation sites excluding steroid dienone is 1. The Balaban J connectivity index is 1.39. The third-order valence-electron chi connectivity index (χ3n) is 10.3. The van der Waals surface area contributed by atoms with Crippen molar-refractivity contribution < 1.29 is 9.59 Å². The summed E-state index contributed by atoms with van der Waals surface area (Å²) >= 11 is 0. The Morgan fingerprint density at radius 3 is 2.46 bits per heavy atom. The van der Waals surface area contributed by atoms with Gasteiger partial charge >= 0.3 is 0 Å². The lowest BCUT2D eigenvalue weighted by molar-refractivity contribution is -0.135. The molecule has 0 aliphatic heterocycles. The first-order valence-corrected chi connectivity index (χ1v) is 12.2. The van der Waals surface area contributed by atoms with Crippen LogP contribution in [0.3, 0.4) is 0 Å². The van der Waals surface area contributed by atoms with Crippen LogP contribution in [-0.2, 0) is 9.59 Å². The van der Waals surface area contributed by atoms with Gasteiger partial charge in [-0.2, -0.15) is 0 Å². The predicted octanol–water partition coefficient (Wildman–Crippen LogP) is 6.28. The lowest BCUT2D eigenvalue weighted by atomic mass is 9.46. The van der Waals surface area contributed by atoms with Crippen molar-refractivity contribution in [3.05, 3.63) is 11.6 Å². The van der Waals surface area contributed by atoms with E-state index >= 15 is 0 Å². The molecule has 4 fully saturated rings. The maximum Gasteiger partial charge on any atom is 0.155 e. The zero-order valence-corrected chi connectivity index (χ0v) is 18.0. The SMILES string of the molecule is C[C@]12CC[C@H]3[C@@H](CCC4=CC(=O)CC[C@@]43C)[C@@H]1CC[C@@H]2C(=O)C1CCCCC1. The van der Waals surface area contributed by atoms with E-state index in [9.17, 15) is 9.59 Å². The van der Waals surface area contributed by atoms with E-state index in [0.717, 1.165) is 56.3 Å². The highest BCUT2D eigenvalue weighted by Gasteiger charge is 2.60. The van der Waals surface area contributed by atoms with Crippen LogP contribution in [0.4, 0.5) is 0 Å². The Bertz CT molecular complexity index is 699. The second-order valence-electron chi connectivity index (χ2n) is 11.4. The molecule has 4 saturated carbocycles. The lowest BCUT2D eigenvalue weighted by Gasteiger charge is -2.58. The van der Waals surface area contributed by atoms with Crippen LogP contribution in [0, 0.1) is 40.4 Å². The first-order chi connectivity index (χ1) is 13.4. The molecule has 0 amide bonds. The second kappa shape index (κ2) is 6.81. The summed E-state index contributed by atoms with van der Waals surface area (Å²) < 4.78 is 0. The van der Waals surface area contributed by atoms with Gasteiger partial charge < -0.3 is 0 Å². The van der Waals surface area contributed by atoms with Gasteiger partial charge in [-0.25, -0.2) is 0 Å². The Kier molecular flexibility index (Phi) is 4.64. The third kappa shape index (κ3) is 2.72. The molecular weight excluding hydrogens is 344 g/mol. The first kappa shape index (κ1) is 19.1. The van der Waals surface area contributed by atoms with Gasteiger partial charge in [0.05, 0.1) is 0 Å². The van der Waals surface area contributed by atoms with Crippen LogP contribution in [-0.4, -0.2) is 11.6 Å². The van der Waals surface area contributed by atoms with Gasteiger partial charge in [0.1, 0.15) is 5.78 Å². The number of Topliss-reactive ketones (excluding diaryl/α,β-unsaturated/α-hetero) is 1. The Morgan fingerprint density at radius 1 is 0.893 bits per heavy atom. The highest BCUT2D eigenvalue weighted by atomic mass is 16.1. The summed E-state index contributed by atoms with van der Waals surface area (Å²) in [5.74, 6) is 3.95. The molecule has 0 bridgehead atoms. The van der Waals surface area contributed by atoms with Crippen molar-refractivity contribution in [2.24, 2.45) is 40.4 Å². The van der Waals surface area contributed by atoms with Crippen LogP contribution in [0.1, 0.15) is 97.3 Å². The Morgan fingerprint density at radius 2 is 1.68 bits per heavy atom. The van der Waals surface area contributed by atoms with Crippen molar-refractivity contribution in [2.45, 2.75) is 97.3 Å². The summed E-state index contributed by atoms with van der Waals surface area (Å²) in [6.07, 6.45) is 17.3. The van der Waals surface area contributed by atoms with Crippen LogP contribution in [0.2, 0.25) is 0 Å². The third-order valence-corrected chi connectivity index (χ3v) is 10.3. The van der Waals surface area contributed by atoms with Gasteiger partial charge in [0.2, 0.25) is 0 Å². The second-order valence-corrected chi connectivity index (χ2v) is 11.4. The summed E-state index contributed by atoms with van der Waals surface area (Å²) in [5, 5.41) is 0. The van der Waals surface area contributed by atoms with E-state index in [4.69, 9.17) is 0 Å². The fourth-order valence-electron chi connectivity index (χ4n) is 8.70.